The van der Waals surface area contributed by atoms with E-state index in [2.05, 4.69) is 0 Å². The molecule has 0 amide bonds. The van der Waals surface area contributed by atoms with Gasteiger partial charge >= 0.3 is 5.69 Å². The van der Waals surface area contributed by atoms with Gasteiger partial charge < -0.3 is 5.73 Å². The van der Waals surface area contributed by atoms with E-state index in [-0.39, 0.29) is 29.0 Å². The predicted molar refractivity (Wildman–Crippen MR) is 96.0 cm³/mol. The van der Waals surface area contributed by atoms with E-state index < -0.39 is 10.0 Å². The Hall–Kier alpha value is -1.35. The van der Waals surface area contributed by atoms with E-state index >= 15 is 0 Å². The third kappa shape index (κ3) is 2.88. The van der Waals surface area contributed by atoms with Crippen molar-refractivity contribution >= 4 is 33.5 Å². The molecule has 1 fully saturated rings. The lowest BCUT2D eigenvalue weighted by Gasteiger charge is -2.33. The molecule has 0 saturated carbocycles. The molecule has 1 aliphatic rings. The number of aryl methyl sites for hydroxylation is 2. The molecule has 3 rings (SSSR count). The van der Waals surface area contributed by atoms with Gasteiger partial charge in [-0.2, -0.15) is 4.31 Å². The normalized spacial score (nSPS) is 19.4. The SMILES string of the molecule is Cl.Cn1c(=O)n(C)c2cc(S(=O)(=O)N3CCCCC3CN)ccc21. The molecular formula is C15H23ClN4O3S. The summed E-state index contributed by atoms with van der Waals surface area (Å²) in [5.74, 6) is 0. The minimum Gasteiger partial charge on any atom is -0.329 e. The van der Waals surface area contributed by atoms with Crippen molar-refractivity contribution in [1.82, 2.24) is 13.4 Å². The highest BCUT2D eigenvalue weighted by Gasteiger charge is 2.33. The van der Waals surface area contributed by atoms with Gasteiger partial charge in [-0.3, -0.25) is 9.13 Å². The Kier molecular flexibility index (Phi) is 5.44. The molecule has 1 saturated heterocycles. The van der Waals surface area contributed by atoms with Crippen LogP contribution in [0.5, 0.6) is 0 Å². The molecule has 2 aromatic rings. The van der Waals surface area contributed by atoms with Crippen molar-refractivity contribution < 1.29 is 8.42 Å². The van der Waals surface area contributed by atoms with Crippen LogP contribution in [0.15, 0.2) is 27.9 Å². The Labute approximate surface area is 147 Å². The molecule has 1 atom stereocenters. The second-order valence-corrected chi connectivity index (χ2v) is 7.94. The van der Waals surface area contributed by atoms with Crippen LogP contribution in [-0.2, 0) is 24.1 Å². The molecule has 0 bridgehead atoms. The topological polar surface area (TPSA) is 90.3 Å². The minimum atomic E-state index is -3.61. The average molecular weight is 375 g/mol. The van der Waals surface area contributed by atoms with Gasteiger partial charge in [0.2, 0.25) is 10.0 Å². The maximum Gasteiger partial charge on any atom is 0.328 e. The van der Waals surface area contributed by atoms with Crippen molar-refractivity contribution in [3.8, 4) is 0 Å². The second-order valence-electron chi connectivity index (χ2n) is 6.05. The molecule has 0 spiro atoms. The molecule has 134 valence electrons. The van der Waals surface area contributed by atoms with Crippen molar-refractivity contribution in [3.63, 3.8) is 0 Å². The van der Waals surface area contributed by atoms with Crippen LogP contribution in [0.2, 0.25) is 0 Å². The van der Waals surface area contributed by atoms with Crippen LogP contribution in [0.1, 0.15) is 19.3 Å². The molecule has 9 heteroatoms. The van der Waals surface area contributed by atoms with Crippen LogP contribution in [-0.4, -0.2) is 41.0 Å². The van der Waals surface area contributed by atoms with E-state index in [1.165, 1.54) is 13.4 Å². The number of halogens is 1. The third-order valence-electron chi connectivity index (χ3n) is 4.70. The summed E-state index contributed by atoms with van der Waals surface area (Å²) in [4.78, 5) is 12.2. The first kappa shape index (κ1) is 19.0. The number of fused-ring (bicyclic) bond motifs is 1. The molecule has 2 heterocycles. The summed E-state index contributed by atoms with van der Waals surface area (Å²) < 4.78 is 30.4. The van der Waals surface area contributed by atoms with Gasteiger partial charge in [-0.1, -0.05) is 6.42 Å². The summed E-state index contributed by atoms with van der Waals surface area (Å²) in [6.45, 7) is 0.821. The lowest BCUT2D eigenvalue weighted by Crippen LogP contribution is -2.47. The van der Waals surface area contributed by atoms with Gasteiger partial charge in [-0.05, 0) is 31.0 Å². The van der Waals surface area contributed by atoms with Gasteiger partial charge in [0.05, 0.1) is 15.9 Å². The molecule has 1 unspecified atom stereocenters. The van der Waals surface area contributed by atoms with Crippen LogP contribution < -0.4 is 11.4 Å². The molecule has 2 N–H and O–H groups in total. The zero-order valence-electron chi connectivity index (χ0n) is 13.8. The summed E-state index contributed by atoms with van der Waals surface area (Å²) in [6, 6.07) is 4.68. The maximum absolute atomic E-state index is 13.0. The zero-order chi connectivity index (χ0) is 16.8. The molecular weight excluding hydrogens is 352 g/mol. The molecule has 7 nitrogen and oxygen atoms in total. The number of benzene rings is 1. The van der Waals surface area contributed by atoms with Gasteiger partial charge in [0.15, 0.2) is 0 Å². The molecule has 1 aliphatic heterocycles. The first-order valence-electron chi connectivity index (χ1n) is 7.75. The number of piperidine rings is 1. The van der Waals surface area contributed by atoms with Crippen molar-refractivity contribution in [2.45, 2.75) is 30.2 Å². The van der Waals surface area contributed by atoms with E-state index in [1.54, 1.807) is 32.3 Å². The minimum absolute atomic E-state index is 0. The number of nitrogens with zero attached hydrogens (tertiary/aromatic N) is 3. The van der Waals surface area contributed by atoms with Crippen molar-refractivity contribution in [1.29, 1.82) is 0 Å². The first-order chi connectivity index (χ1) is 10.9. The Bertz CT molecular complexity index is 903. The first-order valence-corrected chi connectivity index (χ1v) is 9.19. The van der Waals surface area contributed by atoms with E-state index in [0.29, 0.717) is 24.1 Å². The fourth-order valence-corrected chi connectivity index (χ4v) is 5.03. The Morgan fingerprint density at radius 1 is 1.17 bits per heavy atom. The van der Waals surface area contributed by atoms with Crippen LogP contribution in [0.4, 0.5) is 0 Å². The van der Waals surface area contributed by atoms with Gasteiger partial charge in [0, 0.05) is 33.2 Å². The van der Waals surface area contributed by atoms with Crippen molar-refractivity contribution in [3.05, 3.63) is 28.7 Å². The maximum atomic E-state index is 13.0. The quantitative estimate of drug-likeness (QED) is 0.860. The van der Waals surface area contributed by atoms with Crippen molar-refractivity contribution in [2.24, 2.45) is 19.8 Å². The highest BCUT2D eigenvalue weighted by Crippen LogP contribution is 2.26. The average Bonchev–Trinajstić information content (AvgIpc) is 2.79. The highest BCUT2D eigenvalue weighted by molar-refractivity contribution is 7.89. The summed E-state index contributed by atoms with van der Waals surface area (Å²) in [5.41, 5.74) is 6.90. The number of nitrogens with two attached hydrogens (primary N) is 1. The van der Waals surface area contributed by atoms with E-state index in [9.17, 15) is 13.2 Å². The second kappa shape index (κ2) is 6.87. The lowest BCUT2D eigenvalue weighted by molar-refractivity contribution is 0.257. The highest BCUT2D eigenvalue weighted by atomic mass is 35.5. The van der Waals surface area contributed by atoms with Crippen LogP contribution in [0.25, 0.3) is 11.0 Å². The Morgan fingerprint density at radius 3 is 2.50 bits per heavy atom. The standard InChI is InChI=1S/C15H22N4O3S.ClH/c1-17-13-7-6-12(9-14(13)18(2)15(17)20)23(21,22)19-8-4-3-5-11(19)10-16;/h6-7,9,11H,3-5,8,10,16H2,1-2H3;1H. The van der Waals surface area contributed by atoms with Gasteiger partial charge in [-0.25, -0.2) is 13.2 Å². The monoisotopic (exact) mass is 374 g/mol. The Balaban J connectivity index is 0.00000208. The fraction of sp³-hybridized carbons (Fsp3) is 0.533. The van der Waals surface area contributed by atoms with E-state index in [1.807, 2.05) is 0 Å². The smallest absolute Gasteiger partial charge is 0.328 e. The summed E-state index contributed by atoms with van der Waals surface area (Å²) >= 11 is 0. The van der Waals surface area contributed by atoms with Crippen LogP contribution in [0.3, 0.4) is 0 Å². The summed E-state index contributed by atoms with van der Waals surface area (Å²) in [7, 11) is -0.288. The van der Waals surface area contributed by atoms with Gasteiger partial charge in [0.25, 0.3) is 0 Å². The summed E-state index contributed by atoms with van der Waals surface area (Å²) in [5, 5.41) is 0. The largest absolute Gasteiger partial charge is 0.329 e. The van der Waals surface area contributed by atoms with E-state index in [0.717, 1.165) is 19.3 Å². The number of hydrogen-bond donors (Lipinski definition) is 1. The van der Waals surface area contributed by atoms with Crippen LogP contribution in [0, 0.1) is 0 Å². The van der Waals surface area contributed by atoms with E-state index in [4.69, 9.17) is 5.73 Å². The lowest BCUT2D eigenvalue weighted by atomic mass is 10.1. The molecule has 0 radical (unpaired) electrons. The molecule has 1 aromatic heterocycles. The predicted octanol–water partition coefficient (Wildman–Crippen LogP) is 0.801. The van der Waals surface area contributed by atoms with Gasteiger partial charge in [-0.15, -0.1) is 12.4 Å². The number of rotatable bonds is 3. The summed E-state index contributed by atoms with van der Waals surface area (Å²) in [6.07, 6.45) is 2.64. The van der Waals surface area contributed by atoms with Gasteiger partial charge in [0.1, 0.15) is 0 Å². The van der Waals surface area contributed by atoms with Crippen molar-refractivity contribution in [2.75, 3.05) is 13.1 Å². The fourth-order valence-electron chi connectivity index (χ4n) is 3.31. The number of hydrogen-bond acceptors (Lipinski definition) is 4. The number of imidazole rings is 1. The third-order valence-corrected chi connectivity index (χ3v) is 6.64. The zero-order valence-corrected chi connectivity index (χ0v) is 15.4. The molecule has 0 aliphatic carbocycles. The number of aromatic nitrogens is 2. The van der Waals surface area contributed by atoms with Crippen LogP contribution >= 0.6 is 12.4 Å². The number of sulfonamides is 1. The molecule has 24 heavy (non-hydrogen) atoms. The molecule has 1 aromatic carbocycles. The Morgan fingerprint density at radius 2 is 1.83 bits per heavy atom.